The highest BCUT2D eigenvalue weighted by atomic mass is 15.5. The van der Waals surface area contributed by atoms with Crippen LogP contribution in [0.25, 0.3) is 23.0 Å². The van der Waals surface area contributed by atoms with E-state index >= 15 is 0 Å². The van der Waals surface area contributed by atoms with Crippen LogP contribution < -0.4 is 0 Å². The Morgan fingerprint density at radius 3 is 1.89 bits per heavy atom. The van der Waals surface area contributed by atoms with Crippen LogP contribution in [0.3, 0.4) is 0 Å². The lowest BCUT2D eigenvalue weighted by molar-refractivity contribution is 0.243. The number of rotatable bonds is 4. The molecule has 0 spiro atoms. The molecule has 8 rings (SSSR count). The van der Waals surface area contributed by atoms with Gasteiger partial charge in [0.2, 0.25) is 5.82 Å². The minimum atomic E-state index is 0.334. The maximum atomic E-state index is 4.56. The second kappa shape index (κ2) is 9.63. The smallest absolute Gasteiger partial charge is 0.222 e. The van der Waals surface area contributed by atoms with E-state index in [1.54, 1.807) is 0 Å². The van der Waals surface area contributed by atoms with Crippen molar-refractivity contribution in [1.29, 1.82) is 0 Å². The Hall–Kier alpha value is -3.57. The van der Waals surface area contributed by atoms with Crippen molar-refractivity contribution in [3.63, 3.8) is 0 Å². The molecular formula is C27H33N11. The highest BCUT2D eigenvalue weighted by Gasteiger charge is 2.43. The standard InChI is InChI=1S/C14H17N5.C13H16N6/c1-4-14(5-7-19(6-1)9-14)11-2-3-12(15-8-11)13-16-10-17-18-13;1-4-13(5-7-19(6-1)9-13)10-2-3-11(14-8-10)12-15-17-18-16-12/h2-3,8,10H,1,4-7,9H2,(H,16,17,18);2-3,8H,1,4-7,9H2,(H,15,16,17,18). The molecule has 4 aliphatic rings. The molecule has 0 radical (unpaired) electrons. The van der Waals surface area contributed by atoms with Crippen LogP contribution in [-0.4, -0.2) is 94.8 Å². The molecule has 11 nitrogen and oxygen atoms in total. The van der Waals surface area contributed by atoms with Crippen LogP contribution in [0.5, 0.6) is 0 Å². The largest absolute Gasteiger partial charge is 0.302 e. The van der Waals surface area contributed by atoms with Crippen molar-refractivity contribution < 1.29 is 0 Å². The fraction of sp³-hybridized carbons (Fsp3) is 0.519. The van der Waals surface area contributed by atoms with Crippen LogP contribution in [-0.2, 0) is 10.8 Å². The highest BCUT2D eigenvalue weighted by molar-refractivity contribution is 5.49. The van der Waals surface area contributed by atoms with Crippen LogP contribution in [0, 0.1) is 0 Å². The molecule has 0 aliphatic carbocycles. The predicted octanol–water partition coefficient (Wildman–Crippen LogP) is 2.60. The molecular weight excluding hydrogens is 478 g/mol. The van der Waals surface area contributed by atoms with E-state index in [2.05, 4.69) is 73.8 Å². The van der Waals surface area contributed by atoms with E-state index in [-0.39, 0.29) is 0 Å². The number of fused-ring (bicyclic) bond motifs is 4. The topological polar surface area (TPSA) is 128 Å². The second-order valence-corrected chi connectivity index (χ2v) is 11.3. The molecule has 0 aromatic carbocycles. The van der Waals surface area contributed by atoms with Crippen LogP contribution in [0.1, 0.15) is 49.7 Å². The lowest BCUT2D eigenvalue weighted by Crippen LogP contribution is -2.36. The zero-order valence-corrected chi connectivity index (χ0v) is 21.6. The summed E-state index contributed by atoms with van der Waals surface area (Å²) in [4.78, 5) is 18.3. The average Bonchev–Trinajstić information content (AvgIpc) is 3.79. The summed E-state index contributed by atoms with van der Waals surface area (Å²) in [7, 11) is 0. The summed E-state index contributed by atoms with van der Waals surface area (Å²) in [6.07, 6.45) is 13.3. The first-order chi connectivity index (χ1) is 18.7. The number of aromatic nitrogens is 9. The Kier molecular flexibility index (Phi) is 5.96. The number of hydrogen-bond acceptors (Lipinski definition) is 9. The summed E-state index contributed by atoms with van der Waals surface area (Å²) in [6, 6.07) is 8.47. The van der Waals surface area contributed by atoms with E-state index in [9.17, 15) is 0 Å². The maximum absolute atomic E-state index is 4.56. The van der Waals surface area contributed by atoms with Crippen molar-refractivity contribution in [2.24, 2.45) is 0 Å². The van der Waals surface area contributed by atoms with Crippen molar-refractivity contribution in [3.05, 3.63) is 54.1 Å². The lowest BCUT2D eigenvalue weighted by Gasteiger charge is -2.34. The second-order valence-electron chi connectivity index (χ2n) is 11.3. The summed E-state index contributed by atoms with van der Waals surface area (Å²) >= 11 is 0. The van der Waals surface area contributed by atoms with E-state index in [1.807, 2.05) is 18.5 Å². The normalized spacial score (nSPS) is 29.6. The van der Waals surface area contributed by atoms with E-state index in [0.29, 0.717) is 16.7 Å². The average molecular weight is 512 g/mol. The lowest BCUT2D eigenvalue weighted by atomic mass is 9.75. The van der Waals surface area contributed by atoms with Crippen LogP contribution >= 0.6 is 0 Å². The number of piperidine rings is 2. The zero-order chi connectivity index (χ0) is 25.4. The summed E-state index contributed by atoms with van der Waals surface area (Å²) in [5, 5.41) is 20.6. The SMILES string of the molecule is c1cc(-c2nn[nH]n2)ncc1C12CCCN(CC1)C2.c1n[nH]c(-c2ccc(C34CCCN(CC3)C4)cn2)n1. The van der Waals surface area contributed by atoms with Gasteiger partial charge in [0.25, 0.3) is 0 Å². The summed E-state index contributed by atoms with van der Waals surface area (Å²) in [5.41, 5.74) is 5.08. The summed E-state index contributed by atoms with van der Waals surface area (Å²) in [5.74, 6) is 1.29. The van der Waals surface area contributed by atoms with Gasteiger partial charge < -0.3 is 9.80 Å². The number of tetrazole rings is 1. The molecule has 8 heterocycles. The molecule has 0 saturated carbocycles. The number of nitrogens with one attached hydrogen (secondary N) is 2. The molecule has 4 unspecified atom stereocenters. The molecule has 4 atom stereocenters. The third-order valence-corrected chi connectivity index (χ3v) is 9.11. The number of H-pyrrole nitrogens is 2. The molecule has 0 amide bonds. The fourth-order valence-electron chi connectivity index (χ4n) is 7.04. The molecule has 4 fully saturated rings. The molecule has 38 heavy (non-hydrogen) atoms. The molecule has 4 aliphatic heterocycles. The molecule has 4 aromatic rings. The van der Waals surface area contributed by atoms with E-state index in [1.165, 1.54) is 95.2 Å². The highest BCUT2D eigenvalue weighted by Crippen LogP contribution is 2.43. The van der Waals surface area contributed by atoms with Crippen molar-refractivity contribution in [3.8, 4) is 23.0 Å². The van der Waals surface area contributed by atoms with Crippen molar-refractivity contribution in [2.45, 2.75) is 49.4 Å². The quantitative estimate of drug-likeness (QED) is 0.425. The van der Waals surface area contributed by atoms with Gasteiger partial charge >= 0.3 is 0 Å². The van der Waals surface area contributed by atoms with Crippen molar-refractivity contribution in [1.82, 2.24) is 55.6 Å². The van der Waals surface area contributed by atoms with Crippen molar-refractivity contribution in [2.75, 3.05) is 39.3 Å². The van der Waals surface area contributed by atoms with Gasteiger partial charge in [-0.05, 0) is 93.2 Å². The summed E-state index contributed by atoms with van der Waals surface area (Å²) in [6.45, 7) is 7.39. The first kappa shape index (κ1) is 23.5. The van der Waals surface area contributed by atoms with E-state index < -0.39 is 0 Å². The van der Waals surface area contributed by atoms with Gasteiger partial charge in [0.1, 0.15) is 17.7 Å². The number of pyridine rings is 2. The Balaban J connectivity index is 0.000000127. The van der Waals surface area contributed by atoms with Crippen LogP contribution in [0.2, 0.25) is 0 Å². The fourth-order valence-corrected chi connectivity index (χ4v) is 7.04. The monoisotopic (exact) mass is 511 g/mol. The Morgan fingerprint density at radius 1 is 0.711 bits per heavy atom. The molecule has 4 saturated heterocycles. The van der Waals surface area contributed by atoms with Gasteiger partial charge in [0.05, 0.1) is 0 Å². The van der Waals surface area contributed by atoms with Gasteiger partial charge in [0.15, 0.2) is 5.82 Å². The molecule has 2 N–H and O–H groups in total. The number of nitrogens with zero attached hydrogens (tertiary/aromatic N) is 9. The van der Waals surface area contributed by atoms with Crippen LogP contribution in [0.4, 0.5) is 0 Å². The van der Waals surface area contributed by atoms with Gasteiger partial charge in [0, 0.05) is 36.3 Å². The molecule has 11 heteroatoms. The molecule has 4 bridgehead atoms. The molecule has 4 aromatic heterocycles. The maximum Gasteiger partial charge on any atom is 0.222 e. The first-order valence-electron chi connectivity index (χ1n) is 13.7. The third-order valence-electron chi connectivity index (χ3n) is 9.11. The zero-order valence-electron chi connectivity index (χ0n) is 21.6. The van der Waals surface area contributed by atoms with E-state index in [0.717, 1.165) is 17.2 Å². The van der Waals surface area contributed by atoms with Crippen molar-refractivity contribution >= 4 is 0 Å². The third kappa shape index (κ3) is 4.29. The Morgan fingerprint density at radius 2 is 1.37 bits per heavy atom. The van der Waals surface area contributed by atoms with Crippen LogP contribution in [0.15, 0.2) is 43.0 Å². The van der Waals surface area contributed by atoms with E-state index in [4.69, 9.17) is 0 Å². The minimum absolute atomic E-state index is 0.334. The Bertz CT molecular complexity index is 1220. The van der Waals surface area contributed by atoms with Gasteiger partial charge in [-0.25, -0.2) is 4.98 Å². The number of hydrogen-bond donors (Lipinski definition) is 2. The van der Waals surface area contributed by atoms with Gasteiger partial charge in [-0.2, -0.15) is 10.3 Å². The van der Waals surface area contributed by atoms with Gasteiger partial charge in [-0.3, -0.25) is 15.1 Å². The summed E-state index contributed by atoms with van der Waals surface area (Å²) < 4.78 is 0. The molecule has 196 valence electrons. The first-order valence-corrected chi connectivity index (χ1v) is 13.7. The van der Waals surface area contributed by atoms with Gasteiger partial charge in [-0.1, -0.05) is 12.1 Å². The minimum Gasteiger partial charge on any atom is -0.302 e. The van der Waals surface area contributed by atoms with Gasteiger partial charge in [-0.15, -0.1) is 10.2 Å². The predicted molar refractivity (Wildman–Crippen MR) is 141 cm³/mol. The number of aromatic amines is 2. The Labute approximate surface area is 221 Å².